The molecule has 4 aromatic rings. The second-order valence-electron chi connectivity index (χ2n) is 6.45. The van der Waals surface area contributed by atoms with Gasteiger partial charge < -0.3 is 4.84 Å². The number of fused-ring (bicyclic) bond motifs is 1. The Morgan fingerprint density at radius 2 is 1.65 bits per heavy atom. The summed E-state index contributed by atoms with van der Waals surface area (Å²) in [5, 5.41) is 0.714. The monoisotopic (exact) mass is 362 g/mol. The zero-order chi connectivity index (χ0) is 18.1. The minimum Gasteiger partial charge on any atom is -0.407 e. The minimum absolute atomic E-state index is 0.373. The smallest absolute Gasteiger partial charge is 0.176 e. The first-order valence-electron chi connectivity index (χ1n) is 8.54. The van der Waals surface area contributed by atoms with Gasteiger partial charge in [-0.1, -0.05) is 65.7 Å². The molecular weight excluding hydrogens is 344 g/mol. The molecule has 0 saturated carbocycles. The van der Waals surface area contributed by atoms with Crippen LogP contribution in [0, 0.1) is 13.8 Å². The van der Waals surface area contributed by atoms with Crippen molar-refractivity contribution in [2.75, 3.05) is 0 Å². The van der Waals surface area contributed by atoms with E-state index >= 15 is 0 Å². The quantitative estimate of drug-likeness (QED) is 0.472. The first-order chi connectivity index (χ1) is 12.6. The first kappa shape index (κ1) is 16.7. The van der Waals surface area contributed by atoms with Crippen molar-refractivity contribution >= 4 is 22.6 Å². The van der Waals surface area contributed by atoms with E-state index in [-0.39, 0.29) is 0 Å². The maximum Gasteiger partial charge on any atom is 0.176 e. The zero-order valence-electron chi connectivity index (χ0n) is 14.7. The molecule has 0 bridgehead atoms. The van der Waals surface area contributed by atoms with Crippen molar-refractivity contribution < 1.29 is 4.84 Å². The number of halogens is 1. The average Bonchev–Trinajstić information content (AvgIpc) is 3.00. The third-order valence-corrected chi connectivity index (χ3v) is 4.74. The fourth-order valence-electron chi connectivity index (χ4n) is 2.92. The van der Waals surface area contributed by atoms with Crippen molar-refractivity contribution in [3.05, 3.63) is 88.4 Å². The number of rotatable bonds is 4. The molecule has 0 aliphatic heterocycles. The van der Waals surface area contributed by atoms with Crippen LogP contribution >= 0.6 is 11.6 Å². The molecule has 0 spiro atoms. The van der Waals surface area contributed by atoms with Crippen molar-refractivity contribution in [3.63, 3.8) is 0 Å². The number of hydrogen-bond donors (Lipinski definition) is 0. The maximum atomic E-state index is 6.36. The number of para-hydroxylation sites is 2. The molecule has 0 aliphatic carbocycles. The lowest BCUT2D eigenvalue weighted by molar-refractivity contribution is 0.110. The van der Waals surface area contributed by atoms with Crippen LogP contribution in [0.4, 0.5) is 0 Å². The molecule has 4 heteroatoms. The number of aryl methyl sites for hydroxylation is 2. The second kappa shape index (κ2) is 6.85. The molecule has 1 aromatic heterocycles. The number of nitrogens with zero attached hydrogens (tertiary/aromatic N) is 2. The lowest BCUT2D eigenvalue weighted by Gasteiger charge is -2.12. The highest BCUT2D eigenvalue weighted by Gasteiger charge is 2.14. The van der Waals surface area contributed by atoms with Crippen LogP contribution in [-0.4, -0.2) is 9.71 Å². The van der Waals surface area contributed by atoms with E-state index in [1.54, 1.807) is 4.73 Å². The number of imidazole rings is 1. The summed E-state index contributed by atoms with van der Waals surface area (Å²) in [4.78, 5) is 10.9. The molecule has 130 valence electrons. The zero-order valence-corrected chi connectivity index (χ0v) is 15.5. The van der Waals surface area contributed by atoms with Crippen molar-refractivity contribution in [2.45, 2.75) is 20.5 Å². The van der Waals surface area contributed by atoms with E-state index in [2.05, 4.69) is 31.2 Å². The van der Waals surface area contributed by atoms with Gasteiger partial charge in [-0.25, -0.2) is 4.98 Å². The van der Waals surface area contributed by atoms with Crippen LogP contribution in [0.5, 0.6) is 0 Å². The van der Waals surface area contributed by atoms with Gasteiger partial charge in [0.05, 0.1) is 5.52 Å². The second-order valence-corrected chi connectivity index (χ2v) is 6.86. The highest BCUT2D eigenvalue weighted by molar-refractivity contribution is 6.31. The third-order valence-electron chi connectivity index (χ3n) is 4.39. The fraction of sp³-hybridized carbons (Fsp3) is 0.136. The van der Waals surface area contributed by atoms with Crippen LogP contribution in [0.2, 0.25) is 5.02 Å². The van der Waals surface area contributed by atoms with E-state index in [0.717, 1.165) is 33.5 Å². The molecule has 3 aromatic carbocycles. The Morgan fingerprint density at radius 3 is 2.42 bits per heavy atom. The van der Waals surface area contributed by atoms with E-state index in [4.69, 9.17) is 21.4 Å². The number of hydrogen-bond acceptors (Lipinski definition) is 2. The summed E-state index contributed by atoms with van der Waals surface area (Å²) < 4.78 is 1.80. The number of aromatic nitrogens is 2. The summed E-state index contributed by atoms with van der Waals surface area (Å²) in [6, 6.07) is 22.3. The van der Waals surface area contributed by atoms with Crippen molar-refractivity contribution in [1.29, 1.82) is 0 Å². The summed E-state index contributed by atoms with van der Waals surface area (Å²) in [7, 11) is 0. The van der Waals surface area contributed by atoms with Gasteiger partial charge >= 0.3 is 0 Å². The predicted octanol–water partition coefficient (Wildman–Crippen LogP) is 5.60. The molecule has 3 nitrogen and oxygen atoms in total. The van der Waals surface area contributed by atoms with E-state index < -0.39 is 0 Å². The summed E-state index contributed by atoms with van der Waals surface area (Å²) in [6.07, 6.45) is 0. The summed E-state index contributed by atoms with van der Waals surface area (Å²) in [5.41, 5.74) is 6.15. The molecule has 0 fully saturated rings. The highest BCUT2D eigenvalue weighted by Crippen LogP contribution is 2.25. The molecule has 0 aliphatic rings. The lowest BCUT2D eigenvalue weighted by Crippen LogP contribution is -2.13. The average molecular weight is 363 g/mol. The Morgan fingerprint density at radius 1 is 0.923 bits per heavy atom. The molecule has 0 amide bonds. The molecule has 0 radical (unpaired) electrons. The normalized spacial score (nSPS) is 11.0. The van der Waals surface area contributed by atoms with E-state index in [1.165, 1.54) is 5.56 Å². The van der Waals surface area contributed by atoms with Crippen LogP contribution in [-0.2, 0) is 6.61 Å². The highest BCUT2D eigenvalue weighted by atomic mass is 35.5. The topological polar surface area (TPSA) is 27.1 Å². The van der Waals surface area contributed by atoms with Gasteiger partial charge in [-0.05, 0) is 37.6 Å². The molecule has 0 unspecified atom stereocenters. The third kappa shape index (κ3) is 3.18. The Balaban J connectivity index is 1.75. The fourth-order valence-corrected chi connectivity index (χ4v) is 3.21. The molecule has 1 heterocycles. The minimum atomic E-state index is 0.373. The molecule has 0 saturated heterocycles. The molecule has 0 N–H and O–H groups in total. The van der Waals surface area contributed by atoms with Crippen LogP contribution in [0.25, 0.3) is 22.4 Å². The Labute approximate surface area is 157 Å². The first-order valence-corrected chi connectivity index (χ1v) is 8.92. The molecule has 4 rings (SSSR count). The van der Waals surface area contributed by atoms with Gasteiger partial charge in [-0.3, -0.25) is 0 Å². The van der Waals surface area contributed by atoms with E-state index in [1.807, 2.05) is 49.4 Å². The largest absolute Gasteiger partial charge is 0.407 e. The summed E-state index contributed by atoms with van der Waals surface area (Å²) in [6.45, 7) is 4.47. The summed E-state index contributed by atoms with van der Waals surface area (Å²) >= 11 is 6.36. The van der Waals surface area contributed by atoms with Crippen molar-refractivity contribution in [3.8, 4) is 11.4 Å². The van der Waals surface area contributed by atoms with Gasteiger partial charge in [-0.15, -0.1) is 0 Å². The van der Waals surface area contributed by atoms with Crippen molar-refractivity contribution in [1.82, 2.24) is 9.71 Å². The predicted molar refractivity (Wildman–Crippen MR) is 106 cm³/mol. The van der Waals surface area contributed by atoms with Gasteiger partial charge in [0, 0.05) is 16.1 Å². The summed E-state index contributed by atoms with van der Waals surface area (Å²) in [5.74, 6) is 0.787. The molecule has 0 atom stereocenters. The molecular formula is C22H19ClN2O. The van der Waals surface area contributed by atoms with Crippen LogP contribution in [0.1, 0.15) is 16.7 Å². The SMILES string of the molecule is Cc1ccc(-c2nc3ccccc3n2OCc2ccc(C)cc2Cl)cc1. The van der Waals surface area contributed by atoms with Crippen LogP contribution in [0.15, 0.2) is 66.7 Å². The number of benzene rings is 3. The Hall–Kier alpha value is -2.78. The van der Waals surface area contributed by atoms with E-state index in [9.17, 15) is 0 Å². The maximum absolute atomic E-state index is 6.36. The van der Waals surface area contributed by atoms with Crippen LogP contribution in [0.3, 0.4) is 0 Å². The van der Waals surface area contributed by atoms with Crippen LogP contribution < -0.4 is 4.84 Å². The van der Waals surface area contributed by atoms with Gasteiger partial charge in [0.1, 0.15) is 12.1 Å². The van der Waals surface area contributed by atoms with Gasteiger partial charge in [0.2, 0.25) is 0 Å². The van der Waals surface area contributed by atoms with Gasteiger partial charge in [0.25, 0.3) is 0 Å². The van der Waals surface area contributed by atoms with Crippen molar-refractivity contribution in [2.24, 2.45) is 0 Å². The molecule has 26 heavy (non-hydrogen) atoms. The lowest BCUT2D eigenvalue weighted by atomic mass is 10.1. The van der Waals surface area contributed by atoms with Gasteiger partial charge in [-0.2, -0.15) is 4.73 Å². The Bertz CT molecular complexity index is 1070. The van der Waals surface area contributed by atoms with E-state index in [0.29, 0.717) is 11.6 Å². The van der Waals surface area contributed by atoms with Gasteiger partial charge in [0.15, 0.2) is 5.82 Å². The standard InChI is InChI=1S/C22H19ClN2O/c1-15-7-10-17(11-8-15)22-24-20-5-3-4-6-21(20)25(22)26-14-18-12-9-16(2)13-19(18)23/h3-13H,14H2,1-2H3. The Kier molecular flexibility index (Phi) is 4.39.